The topological polar surface area (TPSA) is 37.3 Å². The zero-order valence-corrected chi connectivity index (χ0v) is 8.24. The molecule has 0 radical (unpaired) electrons. The molecule has 0 aromatic heterocycles. The summed E-state index contributed by atoms with van der Waals surface area (Å²) in [5.41, 5.74) is 2.40. The van der Waals surface area contributed by atoms with Gasteiger partial charge < -0.3 is 5.11 Å². The lowest BCUT2D eigenvalue weighted by atomic mass is 10.0. The van der Waals surface area contributed by atoms with E-state index in [1.807, 2.05) is 31.2 Å². The number of rotatable bonds is 1. The van der Waals surface area contributed by atoms with Gasteiger partial charge in [-0.3, -0.25) is 4.79 Å². The molecule has 14 heavy (non-hydrogen) atoms. The molecule has 1 aliphatic carbocycles. The Morgan fingerprint density at radius 2 is 2.00 bits per heavy atom. The summed E-state index contributed by atoms with van der Waals surface area (Å²) in [6.07, 6.45) is 0. The summed E-state index contributed by atoms with van der Waals surface area (Å²) in [5, 5.41) is 9.81. The standard InChI is InChI=1S/C12H12O2/c1-7-9-5-3-4-6-10(9)11(8(2)13)12(7)14/h3-7,14H,1-2H3. The fourth-order valence-corrected chi connectivity index (χ4v) is 1.97. The highest BCUT2D eigenvalue weighted by atomic mass is 16.3. The van der Waals surface area contributed by atoms with Crippen molar-refractivity contribution in [2.24, 2.45) is 0 Å². The predicted molar refractivity (Wildman–Crippen MR) is 55.1 cm³/mol. The number of benzene rings is 1. The van der Waals surface area contributed by atoms with E-state index in [0.29, 0.717) is 5.57 Å². The van der Waals surface area contributed by atoms with Crippen molar-refractivity contribution in [3.63, 3.8) is 0 Å². The largest absolute Gasteiger partial charge is 0.511 e. The van der Waals surface area contributed by atoms with Crippen molar-refractivity contribution < 1.29 is 9.90 Å². The van der Waals surface area contributed by atoms with Gasteiger partial charge in [0.2, 0.25) is 0 Å². The molecule has 0 fully saturated rings. The first-order chi connectivity index (χ1) is 6.63. The van der Waals surface area contributed by atoms with Crippen molar-refractivity contribution in [1.29, 1.82) is 0 Å². The van der Waals surface area contributed by atoms with Crippen molar-refractivity contribution in [2.75, 3.05) is 0 Å². The van der Waals surface area contributed by atoms with E-state index < -0.39 is 0 Å². The monoisotopic (exact) mass is 188 g/mol. The summed E-state index contributed by atoms with van der Waals surface area (Å²) in [6.45, 7) is 3.39. The van der Waals surface area contributed by atoms with Crippen LogP contribution in [-0.4, -0.2) is 10.9 Å². The molecule has 0 amide bonds. The van der Waals surface area contributed by atoms with Crippen molar-refractivity contribution in [2.45, 2.75) is 19.8 Å². The summed E-state index contributed by atoms with van der Waals surface area (Å²) >= 11 is 0. The molecule has 2 rings (SSSR count). The van der Waals surface area contributed by atoms with Crippen LogP contribution in [-0.2, 0) is 4.79 Å². The van der Waals surface area contributed by atoms with Crippen molar-refractivity contribution in [1.82, 2.24) is 0 Å². The molecule has 2 heteroatoms. The Labute approximate surface area is 82.9 Å². The van der Waals surface area contributed by atoms with Crippen LogP contribution in [0.1, 0.15) is 30.9 Å². The first-order valence-electron chi connectivity index (χ1n) is 4.66. The molecule has 1 aliphatic rings. The normalized spacial score (nSPS) is 19.7. The van der Waals surface area contributed by atoms with Crippen LogP contribution in [0.15, 0.2) is 30.0 Å². The van der Waals surface area contributed by atoms with Gasteiger partial charge in [0, 0.05) is 5.92 Å². The zero-order valence-electron chi connectivity index (χ0n) is 8.24. The minimum atomic E-state index is -0.0701. The van der Waals surface area contributed by atoms with Gasteiger partial charge in [0.15, 0.2) is 5.78 Å². The Morgan fingerprint density at radius 3 is 2.64 bits per heavy atom. The molecule has 72 valence electrons. The quantitative estimate of drug-likeness (QED) is 0.735. The molecular weight excluding hydrogens is 176 g/mol. The lowest BCUT2D eigenvalue weighted by Gasteiger charge is -2.03. The number of fused-ring (bicyclic) bond motifs is 1. The number of hydrogen-bond acceptors (Lipinski definition) is 2. The summed E-state index contributed by atoms with van der Waals surface area (Å²) in [7, 11) is 0. The van der Waals surface area contributed by atoms with Crippen LogP contribution in [0.25, 0.3) is 5.57 Å². The van der Waals surface area contributed by atoms with Crippen LogP contribution in [0.3, 0.4) is 0 Å². The number of hydrogen-bond donors (Lipinski definition) is 1. The highest BCUT2D eigenvalue weighted by Gasteiger charge is 2.29. The molecule has 0 heterocycles. The molecule has 2 nitrogen and oxygen atoms in total. The molecule has 0 spiro atoms. The van der Waals surface area contributed by atoms with Gasteiger partial charge in [-0.2, -0.15) is 0 Å². The molecule has 0 saturated heterocycles. The number of aliphatic hydroxyl groups excluding tert-OH is 1. The lowest BCUT2D eigenvalue weighted by molar-refractivity contribution is -0.111. The van der Waals surface area contributed by atoms with Gasteiger partial charge in [-0.25, -0.2) is 0 Å². The van der Waals surface area contributed by atoms with E-state index in [-0.39, 0.29) is 17.5 Å². The van der Waals surface area contributed by atoms with Gasteiger partial charge >= 0.3 is 0 Å². The maximum atomic E-state index is 11.3. The van der Waals surface area contributed by atoms with Crippen LogP contribution in [0, 0.1) is 0 Å². The fourth-order valence-electron chi connectivity index (χ4n) is 1.97. The van der Waals surface area contributed by atoms with Gasteiger partial charge in [-0.15, -0.1) is 0 Å². The third-order valence-corrected chi connectivity index (χ3v) is 2.71. The number of ketones is 1. The second kappa shape index (κ2) is 2.98. The second-order valence-corrected chi connectivity index (χ2v) is 3.63. The van der Waals surface area contributed by atoms with E-state index in [1.165, 1.54) is 6.92 Å². The first-order valence-corrected chi connectivity index (χ1v) is 4.66. The fraction of sp³-hybridized carbons (Fsp3) is 0.250. The molecular formula is C12H12O2. The highest BCUT2D eigenvalue weighted by molar-refractivity contribution is 6.21. The average Bonchev–Trinajstić information content (AvgIpc) is 2.41. The molecule has 1 atom stereocenters. The number of aliphatic hydroxyl groups is 1. The third kappa shape index (κ3) is 1.07. The number of allylic oxidation sites excluding steroid dienone is 2. The van der Waals surface area contributed by atoms with Gasteiger partial charge in [0.25, 0.3) is 0 Å². The number of Topliss-reactive ketones (excluding diaryl/α,β-unsaturated/α-hetero) is 1. The van der Waals surface area contributed by atoms with E-state index in [4.69, 9.17) is 0 Å². The molecule has 0 saturated carbocycles. The van der Waals surface area contributed by atoms with Gasteiger partial charge in [-0.1, -0.05) is 31.2 Å². The van der Waals surface area contributed by atoms with Crippen LogP contribution in [0.2, 0.25) is 0 Å². The summed E-state index contributed by atoms with van der Waals surface area (Å²) in [5.74, 6) is 0.0862. The van der Waals surface area contributed by atoms with Gasteiger partial charge in [0.1, 0.15) is 5.76 Å². The number of carbonyl (C=O) groups is 1. The second-order valence-electron chi connectivity index (χ2n) is 3.63. The maximum absolute atomic E-state index is 11.3. The average molecular weight is 188 g/mol. The Bertz CT molecular complexity index is 430. The Balaban J connectivity index is 2.66. The lowest BCUT2D eigenvalue weighted by Crippen LogP contribution is -1.96. The molecule has 1 N–H and O–H groups in total. The minimum absolute atomic E-state index is 0.0508. The highest BCUT2D eigenvalue weighted by Crippen LogP contribution is 2.40. The Hall–Kier alpha value is -1.57. The summed E-state index contributed by atoms with van der Waals surface area (Å²) in [4.78, 5) is 11.3. The van der Waals surface area contributed by atoms with Crippen molar-refractivity contribution in [3.05, 3.63) is 41.2 Å². The van der Waals surface area contributed by atoms with Crippen LogP contribution in [0.4, 0.5) is 0 Å². The van der Waals surface area contributed by atoms with Crippen molar-refractivity contribution in [3.8, 4) is 0 Å². The Morgan fingerprint density at radius 1 is 1.36 bits per heavy atom. The minimum Gasteiger partial charge on any atom is -0.511 e. The maximum Gasteiger partial charge on any atom is 0.163 e. The zero-order chi connectivity index (χ0) is 10.3. The molecule has 1 unspecified atom stereocenters. The third-order valence-electron chi connectivity index (χ3n) is 2.71. The summed E-state index contributed by atoms with van der Waals surface area (Å²) in [6, 6.07) is 7.64. The SMILES string of the molecule is CC(=O)C1=C(O)C(C)c2ccccc21. The van der Waals surface area contributed by atoms with Gasteiger partial charge in [-0.05, 0) is 18.1 Å². The van der Waals surface area contributed by atoms with E-state index >= 15 is 0 Å². The summed E-state index contributed by atoms with van der Waals surface area (Å²) < 4.78 is 0. The first kappa shape index (κ1) is 9.00. The predicted octanol–water partition coefficient (Wildman–Crippen LogP) is 2.66. The van der Waals surface area contributed by atoms with Gasteiger partial charge in [0.05, 0.1) is 5.57 Å². The Kier molecular flexibility index (Phi) is 1.92. The molecule has 1 aromatic carbocycles. The van der Waals surface area contributed by atoms with E-state index in [9.17, 15) is 9.90 Å². The van der Waals surface area contributed by atoms with Crippen LogP contribution < -0.4 is 0 Å². The van der Waals surface area contributed by atoms with Crippen LogP contribution in [0.5, 0.6) is 0 Å². The van der Waals surface area contributed by atoms with E-state index in [0.717, 1.165) is 11.1 Å². The smallest absolute Gasteiger partial charge is 0.163 e. The van der Waals surface area contributed by atoms with Crippen molar-refractivity contribution >= 4 is 11.4 Å². The molecule has 0 aliphatic heterocycles. The molecule has 0 bridgehead atoms. The number of carbonyl (C=O) groups excluding carboxylic acids is 1. The van der Waals surface area contributed by atoms with Crippen LogP contribution >= 0.6 is 0 Å². The van der Waals surface area contributed by atoms with E-state index in [2.05, 4.69) is 0 Å². The van der Waals surface area contributed by atoms with E-state index in [1.54, 1.807) is 0 Å². The molecule has 1 aromatic rings.